The van der Waals surface area contributed by atoms with Gasteiger partial charge >= 0.3 is 0 Å². The topological polar surface area (TPSA) is 56.7 Å². The monoisotopic (exact) mass is 280 g/mol. The number of amides is 1. The van der Waals surface area contributed by atoms with Crippen LogP contribution in [0.5, 0.6) is 0 Å². The quantitative estimate of drug-likeness (QED) is 0.439. The van der Waals surface area contributed by atoms with Crippen LogP contribution in [-0.2, 0) is 4.79 Å². The summed E-state index contributed by atoms with van der Waals surface area (Å²) in [5.74, 6) is 1.59. The van der Waals surface area contributed by atoms with Gasteiger partial charge in [-0.3, -0.25) is 9.79 Å². The molecule has 0 radical (unpaired) electrons. The summed E-state index contributed by atoms with van der Waals surface area (Å²) in [6, 6.07) is 0. The molecule has 0 aromatic heterocycles. The van der Waals surface area contributed by atoms with Crippen LogP contribution in [0.4, 0.5) is 0 Å². The first kappa shape index (κ1) is 16.5. The number of nitrogens with zero attached hydrogens (tertiary/aromatic N) is 2. The van der Waals surface area contributed by atoms with Gasteiger partial charge in [-0.05, 0) is 25.7 Å². The molecule has 0 aliphatic carbocycles. The molecule has 114 valence electrons. The fourth-order valence-corrected chi connectivity index (χ4v) is 2.35. The van der Waals surface area contributed by atoms with Gasteiger partial charge < -0.3 is 15.5 Å². The number of carbonyl (C=O) groups is 1. The summed E-state index contributed by atoms with van der Waals surface area (Å²) < 4.78 is 0. The first-order chi connectivity index (χ1) is 9.67. The lowest BCUT2D eigenvalue weighted by Crippen LogP contribution is -2.40. The van der Waals surface area contributed by atoms with Gasteiger partial charge in [0.1, 0.15) is 0 Å². The Labute approximate surface area is 122 Å². The number of likely N-dealkylation sites (tertiary alicyclic amines) is 1. The zero-order valence-electron chi connectivity index (χ0n) is 12.8. The van der Waals surface area contributed by atoms with Gasteiger partial charge in [0.05, 0.1) is 6.54 Å². The van der Waals surface area contributed by atoms with E-state index in [1.165, 1.54) is 6.42 Å². The fourth-order valence-electron chi connectivity index (χ4n) is 2.35. The van der Waals surface area contributed by atoms with Crippen LogP contribution in [0.3, 0.4) is 0 Å². The van der Waals surface area contributed by atoms with Crippen LogP contribution >= 0.6 is 0 Å². The molecule has 1 amide bonds. The molecule has 0 aromatic carbocycles. The standard InChI is InChI=1S/C15H28N4O/c1-4-9-17-15(16-5-2)18-10-8-14(20)19-11-6-7-13(3)12-19/h4,13H,1,5-12H2,2-3H3,(H2,16,17,18). The molecule has 0 bridgehead atoms. The van der Waals surface area contributed by atoms with Gasteiger partial charge in [0, 0.05) is 32.6 Å². The Hall–Kier alpha value is -1.52. The van der Waals surface area contributed by atoms with E-state index in [1.54, 1.807) is 6.08 Å². The van der Waals surface area contributed by atoms with E-state index in [0.29, 0.717) is 25.4 Å². The Morgan fingerprint density at radius 2 is 2.30 bits per heavy atom. The molecule has 0 spiro atoms. The summed E-state index contributed by atoms with van der Waals surface area (Å²) in [7, 11) is 0. The minimum absolute atomic E-state index is 0.222. The first-order valence-electron chi connectivity index (χ1n) is 7.58. The lowest BCUT2D eigenvalue weighted by atomic mass is 10.00. The summed E-state index contributed by atoms with van der Waals surface area (Å²) >= 11 is 0. The molecule has 1 saturated heterocycles. The Morgan fingerprint density at radius 1 is 1.50 bits per heavy atom. The summed E-state index contributed by atoms with van der Waals surface area (Å²) in [5.41, 5.74) is 0. The van der Waals surface area contributed by atoms with E-state index in [9.17, 15) is 4.79 Å². The summed E-state index contributed by atoms with van der Waals surface area (Å²) in [6.45, 7) is 11.7. The SMILES string of the molecule is C=CCNC(=NCCC(=O)N1CCCC(C)C1)NCC. The average Bonchev–Trinajstić information content (AvgIpc) is 2.44. The fraction of sp³-hybridized carbons (Fsp3) is 0.733. The third-order valence-corrected chi connectivity index (χ3v) is 3.36. The summed E-state index contributed by atoms with van der Waals surface area (Å²) in [4.78, 5) is 18.5. The third-order valence-electron chi connectivity index (χ3n) is 3.36. The van der Waals surface area contributed by atoms with E-state index in [1.807, 2.05) is 11.8 Å². The average molecular weight is 280 g/mol. The van der Waals surface area contributed by atoms with Crippen LogP contribution in [0.1, 0.15) is 33.1 Å². The maximum atomic E-state index is 12.1. The molecule has 1 heterocycles. The van der Waals surface area contributed by atoms with Crippen molar-refractivity contribution >= 4 is 11.9 Å². The molecule has 1 atom stereocenters. The second-order valence-electron chi connectivity index (χ2n) is 5.27. The van der Waals surface area contributed by atoms with Crippen LogP contribution in [0.2, 0.25) is 0 Å². The van der Waals surface area contributed by atoms with Gasteiger partial charge in [0.2, 0.25) is 5.91 Å². The molecule has 5 heteroatoms. The number of guanidine groups is 1. The Bertz CT molecular complexity index is 341. The van der Waals surface area contributed by atoms with Crippen molar-refractivity contribution in [2.45, 2.75) is 33.1 Å². The van der Waals surface area contributed by atoms with E-state index in [0.717, 1.165) is 32.0 Å². The molecular formula is C15H28N4O. The van der Waals surface area contributed by atoms with Gasteiger partial charge in [-0.15, -0.1) is 6.58 Å². The molecule has 1 aliphatic rings. The second-order valence-corrected chi connectivity index (χ2v) is 5.27. The van der Waals surface area contributed by atoms with Crippen molar-refractivity contribution in [1.82, 2.24) is 15.5 Å². The largest absolute Gasteiger partial charge is 0.357 e. The van der Waals surface area contributed by atoms with Crippen LogP contribution in [0.15, 0.2) is 17.6 Å². The van der Waals surface area contributed by atoms with Crippen molar-refractivity contribution < 1.29 is 4.79 Å². The predicted molar refractivity (Wildman–Crippen MR) is 83.8 cm³/mol. The van der Waals surface area contributed by atoms with E-state index in [2.05, 4.69) is 29.1 Å². The van der Waals surface area contributed by atoms with Crippen LogP contribution in [-0.4, -0.2) is 49.5 Å². The van der Waals surface area contributed by atoms with Crippen LogP contribution in [0.25, 0.3) is 0 Å². The highest BCUT2D eigenvalue weighted by Gasteiger charge is 2.20. The van der Waals surface area contributed by atoms with Gasteiger partial charge in [-0.1, -0.05) is 13.0 Å². The van der Waals surface area contributed by atoms with Crippen molar-refractivity contribution in [2.24, 2.45) is 10.9 Å². The molecule has 0 saturated carbocycles. The van der Waals surface area contributed by atoms with Crippen molar-refractivity contribution in [3.63, 3.8) is 0 Å². The molecule has 1 unspecified atom stereocenters. The van der Waals surface area contributed by atoms with E-state index in [-0.39, 0.29) is 5.91 Å². The number of carbonyl (C=O) groups excluding carboxylic acids is 1. The normalized spacial score (nSPS) is 19.6. The van der Waals surface area contributed by atoms with Gasteiger partial charge in [0.15, 0.2) is 5.96 Å². The van der Waals surface area contributed by atoms with Crippen LogP contribution in [0, 0.1) is 5.92 Å². The molecular weight excluding hydrogens is 252 g/mol. The van der Waals surface area contributed by atoms with Gasteiger partial charge in [-0.25, -0.2) is 0 Å². The van der Waals surface area contributed by atoms with Gasteiger partial charge in [-0.2, -0.15) is 0 Å². The van der Waals surface area contributed by atoms with Crippen molar-refractivity contribution in [3.05, 3.63) is 12.7 Å². The lowest BCUT2D eigenvalue weighted by Gasteiger charge is -2.30. The van der Waals surface area contributed by atoms with Crippen molar-refractivity contribution in [2.75, 3.05) is 32.7 Å². The summed E-state index contributed by atoms with van der Waals surface area (Å²) in [6.07, 6.45) is 4.63. The Morgan fingerprint density at radius 3 is 2.95 bits per heavy atom. The number of nitrogens with one attached hydrogen (secondary N) is 2. The van der Waals surface area contributed by atoms with Gasteiger partial charge in [0.25, 0.3) is 0 Å². The molecule has 1 fully saturated rings. The molecule has 1 aliphatic heterocycles. The maximum Gasteiger partial charge on any atom is 0.224 e. The number of piperidine rings is 1. The highest BCUT2D eigenvalue weighted by atomic mass is 16.2. The smallest absolute Gasteiger partial charge is 0.224 e. The minimum atomic E-state index is 0.222. The Kier molecular flexibility index (Phi) is 7.77. The molecule has 0 aromatic rings. The Balaban J connectivity index is 2.35. The number of rotatable bonds is 6. The molecule has 2 N–H and O–H groups in total. The highest BCUT2D eigenvalue weighted by Crippen LogP contribution is 2.15. The molecule has 5 nitrogen and oxygen atoms in total. The molecule has 1 rings (SSSR count). The summed E-state index contributed by atoms with van der Waals surface area (Å²) in [5, 5.41) is 6.27. The zero-order valence-corrected chi connectivity index (χ0v) is 12.8. The second kappa shape index (κ2) is 9.39. The lowest BCUT2D eigenvalue weighted by molar-refractivity contribution is -0.132. The number of aliphatic imine (C=N–C) groups is 1. The van der Waals surface area contributed by atoms with E-state index < -0.39 is 0 Å². The van der Waals surface area contributed by atoms with E-state index >= 15 is 0 Å². The maximum absolute atomic E-state index is 12.1. The number of hydrogen-bond acceptors (Lipinski definition) is 2. The number of hydrogen-bond donors (Lipinski definition) is 2. The minimum Gasteiger partial charge on any atom is -0.357 e. The van der Waals surface area contributed by atoms with E-state index in [4.69, 9.17) is 0 Å². The van der Waals surface area contributed by atoms with Crippen LogP contribution < -0.4 is 10.6 Å². The highest BCUT2D eigenvalue weighted by molar-refractivity contribution is 5.81. The predicted octanol–water partition coefficient (Wildman–Crippen LogP) is 1.38. The molecule has 20 heavy (non-hydrogen) atoms. The zero-order chi connectivity index (χ0) is 14.8. The van der Waals surface area contributed by atoms with Crippen molar-refractivity contribution in [3.8, 4) is 0 Å². The third kappa shape index (κ3) is 6.08. The van der Waals surface area contributed by atoms with Crippen molar-refractivity contribution in [1.29, 1.82) is 0 Å². The first-order valence-corrected chi connectivity index (χ1v) is 7.58.